The van der Waals surface area contributed by atoms with Gasteiger partial charge in [-0.15, -0.1) is 0 Å². The normalized spacial score (nSPS) is 12.8. The van der Waals surface area contributed by atoms with Crippen molar-refractivity contribution in [2.24, 2.45) is 5.92 Å². The summed E-state index contributed by atoms with van der Waals surface area (Å²) in [5, 5.41) is 5.98. The zero-order valence-corrected chi connectivity index (χ0v) is 11.4. The fourth-order valence-electron chi connectivity index (χ4n) is 1.35. The largest absolute Gasteiger partial charge is 0.351 e. The van der Waals surface area contributed by atoms with Gasteiger partial charge in [-0.2, -0.15) is 0 Å². The molecule has 0 spiro atoms. The highest BCUT2D eigenvalue weighted by Crippen LogP contribution is 1.96. The minimum absolute atomic E-state index is 0.0235. The zero-order chi connectivity index (χ0) is 13.1. The lowest BCUT2D eigenvalue weighted by molar-refractivity contribution is -0.141. The van der Waals surface area contributed by atoms with Crippen LogP contribution in [-0.4, -0.2) is 45.0 Å². The van der Waals surface area contributed by atoms with E-state index < -0.39 is 0 Å². The second-order valence-corrected chi connectivity index (χ2v) is 3.79. The maximum atomic E-state index is 11.7. The van der Waals surface area contributed by atoms with Crippen LogP contribution in [0.25, 0.3) is 0 Å². The van der Waals surface area contributed by atoms with Gasteiger partial charge >= 0.3 is 0 Å². The molecule has 1 unspecified atom stereocenters. The Labute approximate surface area is 104 Å². The van der Waals surface area contributed by atoms with Crippen molar-refractivity contribution >= 4 is 5.91 Å². The summed E-state index contributed by atoms with van der Waals surface area (Å²) in [5.41, 5.74) is 0. The van der Waals surface area contributed by atoms with Crippen molar-refractivity contribution in [3.63, 3.8) is 0 Å². The molecule has 0 heterocycles. The molecule has 0 radical (unpaired) electrons. The first-order chi connectivity index (χ1) is 8.15. The lowest BCUT2D eigenvalue weighted by Crippen LogP contribution is -2.40. The fourth-order valence-corrected chi connectivity index (χ4v) is 1.35. The third-order valence-electron chi connectivity index (χ3n) is 2.30. The van der Waals surface area contributed by atoms with Crippen LogP contribution in [0.4, 0.5) is 0 Å². The minimum Gasteiger partial charge on any atom is -0.351 e. The van der Waals surface area contributed by atoms with Crippen LogP contribution in [0.2, 0.25) is 0 Å². The van der Waals surface area contributed by atoms with Gasteiger partial charge in [0.1, 0.15) is 0 Å². The lowest BCUT2D eigenvalue weighted by Gasteiger charge is -2.19. The number of ether oxygens (including phenoxy) is 2. The molecule has 5 nitrogen and oxygen atoms in total. The quantitative estimate of drug-likeness (QED) is 0.558. The number of rotatable bonds is 10. The molecule has 0 fully saturated rings. The highest BCUT2D eigenvalue weighted by Gasteiger charge is 2.14. The Kier molecular flexibility index (Phi) is 10.1. The van der Waals surface area contributed by atoms with Gasteiger partial charge in [0.05, 0.1) is 6.54 Å². The topological polar surface area (TPSA) is 59.6 Å². The first-order valence-corrected chi connectivity index (χ1v) is 6.37. The Balaban J connectivity index is 3.85. The van der Waals surface area contributed by atoms with E-state index in [-0.39, 0.29) is 18.1 Å². The van der Waals surface area contributed by atoms with E-state index in [1.807, 2.05) is 27.7 Å². The first kappa shape index (κ1) is 16.4. The van der Waals surface area contributed by atoms with Crippen LogP contribution in [0.15, 0.2) is 0 Å². The Morgan fingerprint density at radius 3 is 2.18 bits per heavy atom. The summed E-state index contributed by atoms with van der Waals surface area (Å²) in [5.74, 6) is -0.0193. The molecule has 0 saturated carbocycles. The molecule has 0 aromatic rings. The van der Waals surface area contributed by atoms with Gasteiger partial charge in [0.25, 0.3) is 0 Å². The average Bonchev–Trinajstić information content (AvgIpc) is 2.33. The molecule has 0 aromatic heterocycles. The fraction of sp³-hybridized carbons (Fsp3) is 0.917. The highest BCUT2D eigenvalue weighted by molar-refractivity contribution is 5.78. The van der Waals surface area contributed by atoms with Gasteiger partial charge in [-0.3, -0.25) is 4.79 Å². The van der Waals surface area contributed by atoms with E-state index in [0.29, 0.717) is 26.3 Å². The van der Waals surface area contributed by atoms with Gasteiger partial charge in [0.15, 0.2) is 6.29 Å². The summed E-state index contributed by atoms with van der Waals surface area (Å²) in [4.78, 5) is 11.7. The molecular weight excluding hydrogens is 220 g/mol. The molecule has 0 aliphatic heterocycles. The van der Waals surface area contributed by atoms with E-state index in [2.05, 4.69) is 10.6 Å². The molecule has 5 heteroatoms. The van der Waals surface area contributed by atoms with Crippen LogP contribution in [0.1, 0.15) is 27.7 Å². The molecule has 102 valence electrons. The van der Waals surface area contributed by atoms with E-state index in [1.54, 1.807) is 0 Å². The molecule has 0 aromatic carbocycles. The number of hydrogen-bond donors (Lipinski definition) is 2. The average molecular weight is 246 g/mol. The molecule has 17 heavy (non-hydrogen) atoms. The van der Waals surface area contributed by atoms with E-state index in [9.17, 15) is 4.79 Å². The smallest absolute Gasteiger partial charge is 0.224 e. The van der Waals surface area contributed by atoms with Crippen LogP contribution < -0.4 is 10.6 Å². The number of nitrogens with one attached hydrogen (secondary N) is 2. The van der Waals surface area contributed by atoms with Crippen molar-refractivity contribution < 1.29 is 14.3 Å². The van der Waals surface area contributed by atoms with E-state index in [1.165, 1.54) is 0 Å². The van der Waals surface area contributed by atoms with Crippen LogP contribution in [0, 0.1) is 5.92 Å². The van der Waals surface area contributed by atoms with E-state index >= 15 is 0 Å². The van der Waals surface area contributed by atoms with Crippen LogP contribution in [0.3, 0.4) is 0 Å². The SMILES string of the molecule is CCNCC(C)C(=O)NCC(OCC)OCC. The van der Waals surface area contributed by atoms with Crippen molar-refractivity contribution in [3.05, 3.63) is 0 Å². The van der Waals surface area contributed by atoms with Gasteiger partial charge in [0.2, 0.25) is 5.91 Å². The van der Waals surface area contributed by atoms with Crippen molar-refractivity contribution in [2.75, 3.05) is 32.8 Å². The second-order valence-electron chi connectivity index (χ2n) is 3.79. The molecule has 0 rings (SSSR count). The molecule has 0 aliphatic carbocycles. The summed E-state index contributed by atoms with van der Waals surface area (Å²) in [6.07, 6.45) is -0.347. The van der Waals surface area contributed by atoms with Crippen LogP contribution in [0.5, 0.6) is 0 Å². The molecule has 2 N–H and O–H groups in total. The summed E-state index contributed by atoms with van der Waals surface area (Å²) in [6, 6.07) is 0. The summed E-state index contributed by atoms with van der Waals surface area (Å²) in [6.45, 7) is 10.8. The van der Waals surface area contributed by atoms with Crippen LogP contribution >= 0.6 is 0 Å². The lowest BCUT2D eigenvalue weighted by atomic mass is 10.1. The summed E-state index contributed by atoms with van der Waals surface area (Å²) in [7, 11) is 0. The molecule has 1 atom stereocenters. The standard InChI is InChI=1S/C12H26N2O3/c1-5-13-8-10(4)12(15)14-9-11(16-6-2)17-7-3/h10-11,13H,5-9H2,1-4H3,(H,14,15). The van der Waals surface area contributed by atoms with Crippen molar-refractivity contribution in [1.82, 2.24) is 10.6 Å². The predicted molar refractivity (Wildman–Crippen MR) is 67.8 cm³/mol. The third kappa shape index (κ3) is 8.12. The number of hydrogen-bond acceptors (Lipinski definition) is 4. The van der Waals surface area contributed by atoms with Gasteiger partial charge < -0.3 is 20.1 Å². The Hall–Kier alpha value is -0.650. The number of amides is 1. The Bertz CT molecular complexity index is 194. The maximum Gasteiger partial charge on any atom is 0.224 e. The second kappa shape index (κ2) is 10.5. The molecule has 0 saturated heterocycles. The number of carbonyl (C=O) groups excluding carboxylic acids is 1. The van der Waals surface area contributed by atoms with Gasteiger partial charge in [-0.25, -0.2) is 0 Å². The van der Waals surface area contributed by atoms with Crippen molar-refractivity contribution in [1.29, 1.82) is 0 Å². The number of carbonyl (C=O) groups is 1. The first-order valence-electron chi connectivity index (χ1n) is 6.37. The molecular formula is C12H26N2O3. The van der Waals surface area contributed by atoms with Crippen LogP contribution in [-0.2, 0) is 14.3 Å². The summed E-state index contributed by atoms with van der Waals surface area (Å²) < 4.78 is 10.7. The Morgan fingerprint density at radius 2 is 1.71 bits per heavy atom. The van der Waals surface area contributed by atoms with E-state index in [4.69, 9.17) is 9.47 Å². The van der Waals surface area contributed by atoms with Gasteiger partial charge in [0, 0.05) is 25.7 Å². The van der Waals surface area contributed by atoms with E-state index in [0.717, 1.165) is 6.54 Å². The maximum absolute atomic E-state index is 11.7. The molecule has 0 aliphatic rings. The zero-order valence-electron chi connectivity index (χ0n) is 11.4. The molecule has 1 amide bonds. The van der Waals surface area contributed by atoms with Gasteiger partial charge in [-0.05, 0) is 20.4 Å². The predicted octanol–water partition coefficient (Wildman–Crippen LogP) is 0.747. The minimum atomic E-state index is -0.347. The Morgan fingerprint density at radius 1 is 1.12 bits per heavy atom. The molecule has 0 bridgehead atoms. The third-order valence-corrected chi connectivity index (χ3v) is 2.30. The van der Waals surface area contributed by atoms with Crippen molar-refractivity contribution in [3.8, 4) is 0 Å². The highest BCUT2D eigenvalue weighted by atomic mass is 16.7. The van der Waals surface area contributed by atoms with Gasteiger partial charge in [-0.1, -0.05) is 13.8 Å². The summed E-state index contributed by atoms with van der Waals surface area (Å²) >= 11 is 0. The van der Waals surface area contributed by atoms with Crippen molar-refractivity contribution in [2.45, 2.75) is 34.0 Å². The monoisotopic (exact) mass is 246 g/mol.